The van der Waals surface area contributed by atoms with Crippen LogP contribution in [0.3, 0.4) is 0 Å². The van der Waals surface area contributed by atoms with Gasteiger partial charge in [0, 0.05) is 18.2 Å². The zero-order valence-electron chi connectivity index (χ0n) is 13.3. The summed E-state index contributed by atoms with van der Waals surface area (Å²) < 4.78 is 0. The van der Waals surface area contributed by atoms with E-state index in [1.54, 1.807) is 0 Å². The maximum absolute atomic E-state index is 12.8. The number of rotatable bonds is 3. The lowest BCUT2D eigenvalue weighted by Crippen LogP contribution is -2.50. The summed E-state index contributed by atoms with van der Waals surface area (Å²) in [5.41, 5.74) is 0.671. The molecular formula is C18H24N2O2. The summed E-state index contributed by atoms with van der Waals surface area (Å²) in [6, 6.07) is 9.09. The number of hydrogen-bond donors (Lipinski definition) is 1. The van der Waals surface area contributed by atoms with Gasteiger partial charge in [-0.05, 0) is 50.7 Å². The molecule has 3 atom stereocenters. The molecule has 1 aliphatic carbocycles. The van der Waals surface area contributed by atoms with Crippen LogP contribution < -0.4 is 5.32 Å². The number of nitrogens with one attached hydrogen (secondary N) is 1. The highest BCUT2D eigenvalue weighted by Gasteiger charge is 2.49. The number of nitrogens with zero attached hydrogens (tertiary/aromatic N) is 1. The number of fused-ring (bicyclic) bond motifs is 1. The quantitative estimate of drug-likeness (QED) is 0.932. The molecule has 2 aliphatic rings. The first-order valence-corrected chi connectivity index (χ1v) is 8.24. The first-order valence-electron chi connectivity index (χ1n) is 8.24. The molecule has 1 heterocycles. The Balaban J connectivity index is 1.85. The van der Waals surface area contributed by atoms with E-state index in [4.69, 9.17) is 0 Å². The minimum absolute atomic E-state index is 0.00804. The zero-order valence-corrected chi connectivity index (χ0v) is 13.3. The van der Waals surface area contributed by atoms with Crippen LogP contribution in [0, 0.1) is 11.8 Å². The average molecular weight is 300 g/mol. The SMILES string of the molecule is CC(C)NC(=O)[C@@H]1[C@H]2CCC[C@H]2CN1C(=O)c1ccccc1. The van der Waals surface area contributed by atoms with E-state index in [1.165, 1.54) is 6.42 Å². The molecule has 0 aromatic heterocycles. The number of carbonyl (C=O) groups is 2. The molecule has 2 fully saturated rings. The predicted octanol–water partition coefficient (Wildman–Crippen LogP) is 2.45. The predicted molar refractivity (Wildman–Crippen MR) is 85.4 cm³/mol. The van der Waals surface area contributed by atoms with E-state index in [2.05, 4.69) is 5.32 Å². The Morgan fingerprint density at radius 1 is 1.18 bits per heavy atom. The molecule has 0 spiro atoms. The summed E-state index contributed by atoms with van der Waals surface area (Å²) in [5.74, 6) is 0.801. The van der Waals surface area contributed by atoms with Gasteiger partial charge in [-0.15, -0.1) is 0 Å². The lowest BCUT2D eigenvalue weighted by Gasteiger charge is -2.28. The zero-order chi connectivity index (χ0) is 15.7. The molecule has 4 heteroatoms. The van der Waals surface area contributed by atoms with Gasteiger partial charge in [-0.2, -0.15) is 0 Å². The molecule has 0 unspecified atom stereocenters. The first-order chi connectivity index (χ1) is 10.6. The van der Waals surface area contributed by atoms with Crippen molar-refractivity contribution in [2.75, 3.05) is 6.54 Å². The van der Waals surface area contributed by atoms with Crippen LogP contribution in [0.15, 0.2) is 30.3 Å². The van der Waals surface area contributed by atoms with Gasteiger partial charge in [-0.3, -0.25) is 9.59 Å². The van der Waals surface area contributed by atoms with E-state index < -0.39 is 0 Å². The lowest BCUT2D eigenvalue weighted by molar-refractivity contribution is -0.126. The Morgan fingerprint density at radius 3 is 2.59 bits per heavy atom. The normalized spacial score (nSPS) is 27.0. The van der Waals surface area contributed by atoms with Gasteiger partial charge < -0.3 is 10.2 Å². The van der Waals surface area contributed by atoms with E-state index >= 15 is 0 Å². The maximum Gasteiger partial charge on any atom is 0.254 e. The third-order valence-electron chi connectivity index (χ3n) is 4.87. The van der Waals surface area contributed by atoms with E-state index in [9.17, 15) is 9.59 Å². The van der Waals surface area contributed by atoms with Crippen LogP contribution in [0.2, 0.25) is 0 Å². The maximum atomic E-state index is 12.8. The highest BCUT2D eigenvalue weighted by atomic mass is 16.2. The van der Waals surface area contributed by atoms with Crippen molar-refractivity contribution in [1.82, 2.24) is 10.2 Å². The summed E-state index contributed by atoms with van der Waals surface area (Å²) in [6.45, 7) is 4.64. The van der Waals surface area contributed by atoms with Crippen molar-refractivity contribution in [3.63, 3.8) is 0 Å². The number of likely N-dealkylation sites (tertiary alicyclic amines) is 1. The molecule has 1 aromatic rings. The lowest BCUT2D eigenvalue weighted by atomic mass is 9.93. The first kappa shape index (κ1) is 15.1. The van der Waals surface area contributed by atoms with Crippen molar-refractivity contribution in [1.29, 1.82) is 0 Å². The molecule has 1 saturated carbocycles. The topological polar surface area (TPSA) is 49.4 Å². The summed E-state index contributed by atoms with van der Waals surface area (Å²) in [7, 11) is 0. The highest BCUT2D eigenvalue weighted by Crippen LogP contribution is 2.42. The summed E-state index contributed by atoms with van der Waals surface area (Å²) >= 11 is 0. The minimum atomic E-state index is -0.303. The molecule has 0 bridgehead atoms. The van der Waals surface area contributed by atoms with Crippen molar-refractivity contribution in [3.05, 3.63) is 35.9 Å². The highest BCUT2D eigenvalue weighted by molar-refractivity contribution is 5.98. The fraction of sp³-hybridized carbons (Fsp3) is 0.556. The van der Waals surface area contributed by atoms with Crippen molar-refractivity contribution >= 4 is 11.8 Å². The second kappa shape index (κ2) is 6.11. The van der Waals surface area contributed by atoms with E-state index in [0.717, 1.165) is 12.8 Å². The van der Waals surface area contributed by atoms with Gasteiger partial charge in [0.05, 0.1) is 0 Å². The van der Waals surface area contributed by atoms with Gasteiger partial charge >= 0.3 is 0 Å². The Kier molecular flexibility index (Phi) is 4.19. The molecule has 2 amide bonds. The van der Waals surface area contributed by atoms with Crippen LogP contribution >= 0.6 is 0 Å². The van der Waals surface area contributed by atoms with Crippen LogP contribution in [-0.4, -0.2) is 35.3 Å². The summed E-state index contributed by atoms with van der Waals surface area (Å²) in [5, 5.41) is 3.00. The number of benzene rings is 1. The van der Waals surface area contributed by atoms with Gasteiger partial charge in [0.25, 0.3) is 5.91 Å². The Hall–Kier alpha value is -1.84. The van der Waals surface area contributed by atoms with Crippen LogP contribution in [0.1, 0.15) is 43.5 Å². The van der Waals surface area contributed by atoms with Gasteiger partial charge in [0.1, 0.15) is 6.04 Å². The van der Waals surface area contributed by atoms with E-state index in [1.807, 2.05) is 49.1 Å². The molecule has 1 N–H and O–H groups in total. The molecule has 4 nitrogen and oxygen atoms in total. The molecule has 0 radical (unpaired) electrons. The fourth-order valence-electron chi connectivity index (χ4n) is 3.97. The van der Waals surface area contributed by atoms with Gasteiger partial charge in [-0.1, -0.05) is 24.6 Å². The fourth-order valence-corrected chi connectivity index (χ4v) is 3.97. The van der Waals surface area contributed by atoms with Crippen molar-refractivity contribution in [2.24, 2.45) is 11.8 Å². The smallest absolute Gasteiger partial charge is 0.254 e. The van der Waals surface area contributed by atoms with Crippen LogP contribution in [0.5, 0.6) is 0 Å². The minimum Gasteiger partial charge on any atom is -0.352 e. The molecule has 22 heavy (non-hydrogen) atoms. The van der Waals surface area contributed by atoms with Gasteiger partial charge in [0.2, 0.25) is 5.91 Å². The van der Waals surface area contributed by atoms with Crippen LogP contribution in [0.25, 0.3) is 0 Å². The molecule has 3 rings (SSSR count). The summed E-state index contributed by atoms with van der Waals surface area (Å²) in [4.78, 5) is 27.3. The average Bonchev–Trinajstić information content (AvgIpc) is 3.06. The molecule has 1 aromatic carbocycles. The monoisotopic (exact) mass is 300 g/mol. The Bertz CT molecular complexity index is 555. The van der Waals surface area contributed by atoms with E-state index in [0.29, 0.717) is 23.9 Å². The number of amides is 2. The molecular weight excluding hydrogens is 276 g/mol. The second-order valence-electron chi connectivity index (χ2n) is 6.79. The molecule has 118 valence electrons. The number of carbonyl (C=O) groups excluding carboxylic acids is 2. The Labute approximate surface area is 131 Å². The Morgan fingerprint density at radius 2 is 1.91 bits per heavy atom. The van der Waals surface area contributed by atoms with Crippen molar-refractivity contribution in [3.8, 4) is 0 Å². The molecule has 1 saturated heterocycles. The second-order valence-corrected chi connectivity index (χ2v) is 6.79. The van der Waals surface area contributed by atoms with Crippen molar-refractivity contribution in [2.45, 2.75) is 45.2 Å². The third kappa shape index (κ3) is 2.74. The van der Waals surface area contributed by atoms with Crippen LogP contribution in [-0.2, 0) is 4.79 Å². The number of hydrogen-bond acceptors (Lipinski definition) is 2. The largest absolute Gasteiger partial charge is 0.352 e. The third-order valence-corrected chi connectivity index (χ3v) is 4.87. The van der Waals surface area contributed by atoms with Crippen molar-refractivity contribution < 1.29 is 9.59 Å². The summed E-state index contributed by atoms with van der Waals surface area (Å²) in [6.07, 6.45) is 3.36. The van der Waals surface area contributed by atoms with Crippen LogP contribution in [0.4, 0.5) is 0 Å². The van der Waals surface area contributed by atoms with Gasteiger partial charge in [-0.25, -0.2) is 0 Å². The standard InChI is InChI=1S/C18H24N2O2/c1-12(2)19-17(21)16-15-10-6-9-14(15)11-20(16)18(22)13-7-4-3-5-8-13/h3-5,7-8,12,14-16H,6,9-11H2,1-2H3,(H,19,21)/t14-,15-,16-/m0/s1. The molecule has 1 aliphatic heterocycles. The van der Waals surface area contributed by atoms with Gasteiger partial charge in [0.15, 0.2) is 0 Å². The van der Waals surface area contributed by atoms with E-state index in [-0.39, 0.29) is 23.9 Å².